The molecule has 0 bridgehead atoms. The van der Waals surface area contributed by atoms with Crippen LogP contribution in [0.1, 0.15) is 55.4 Å². The Morgan fingerprint density at radius 1 is 1.04 bits per heavy atom. The minimum Gasteiger partial charge on any atom is -0.253 e. The quantitative estimate of drug-likeness (QED) is 0.357. The highest BCUT2D eigenvalue weighted by Crippen LogP contribution is 2.23. The van der Waals surface area contributed by atoms with Crippen molar-refractivity contribution in [3.05, 3.63) is 108 Å². The van der Waals surface area contributed by atoms with Crippen molar-refractivity contribution in [1.29, 1.82) is 0 Å². The Kier molecular flexibility index (Phi) is 6.97. The van der Waals surface area contributed by atoms with Crippen LogP contribution in [0.4, 0.5) is 0 Å². The first-order valence-corrected chi connectivity index (χ1v) is 10.1. The van der Waals surface area contributed by atoms with E-state index in [-0.39, 0.29) is 0 Å². The molecule has 142 valence electrons. The van der Waals surface area contributed by atoms with Crippen LogP contribution in [0.2, 0.25) is 0 Å². The normalized spacial score (nSPS) is 14.4. The van der Waals surface area contributed by atoms with Crippen LogP contribution in [-0.2, 0) is 6.42 Å². The van der Waals surface area contributed by atoms with Crippen molar-refractivity contribution >= 4 is 17.0 Å². The van der Waals surface area contributed by atoms with Gasteiger partial charge in [-0.1, -0.05) is 80.3 Å². The number of aliphatic imine (C=N–C) groups is 1. The van der Waals surface area contributed by atoms with Gasteiger partial charge in [0.1, 0.15) is 0 Å². The summed E-state index contributed by atoms with van der Waals surface area (Å²) in [5.74, 6) is 0. The molecule has 0 amide bonds. The monoisotopic (exact) mass is 367 g/mol. The first kappa shape index (κ1) is 19.8. The molecule has 28 heavy (non-hydrogen) atoms. The number of rotatable bonds is 7. The summed E-state index contributed by atoms with van der Waals surface area (Å²) < 4.78 is 0. The van der Waals surface area contributed by atoms with Crippen molar-refractivity contribution in [2.75, 3.05) is 0 Å². The average Bonchev–Trinajstić information content (AvgIpc) is 2.75. The van der Waals surface area contributed by atoms with E-state index in [9.17, 15) is 0 Å². The van der Waals surface area contributed by atoms with Crippen LogP contribution >= 0.6 is 0 Å². The number of hydrogen-bond acceptors (Lipinski definition) is 1. The maximum absolute atomic E-state index is 4.81. The van der Waals surface area contributed by atoms with Crippen molar-refractivity contribution in [3.8, 4) is 0 Å². The van der Waals surface area contributed by atoms with E-state index in [0.717, 1.165) is 48.2 Å². The highest BCUT2D eigenvalue weighted by molar-refractivity contribution is 6.02. The van der Waals surface area contributed by atoms with Crippen molar-refractivity contribution in [3.63, 3.8) is 0 Å². The number of benzene rings is 2. The van der Waals surface area contributed by atoms with E-state index in [4.69, 9.17) is 4.99 Å². The second-order valence-electron chi connectivity index (χ2n) is 7.15. The van der Waals surface area contributed by atoms with Gasteiger partial charge in [-0.2, -0.15) is 0 Å². The zero-order chi connectivity index (χ0) is 19.8. The Morgan fingerprint density at radius 3 is 2.64 bits per heavy atom. The Balaban J connectivity index is 1.79. The zero-order valence-electron chi connectivity index (χ0n) is 17.0. The van der Waals surface area contributed by atoms with Crippen molar-refractivity contribution in [1.82, 2.24) is 0 Å². The molecule has 0 fully saturated rings. The highest BCUT2D eigenvalue weighted by Gasteiger charge is 2.06. The molecule has 2 aromatic carbocycles. The standard InChI is InChI=1S/C27H29N/c1-4-5-7-12-23-13-10-16-25(19-23)21(2)28-22(3)26-17-11-18-27(20-26)24-14-8-6-9-15-24/h5,7-8,10-11,13-20H,2,4,6,9,12H2,1,3H3/b7-5-,28-22+. The average molecular weight is 368 g/mol. The first-order valence-electron chi connectivity index (χ1n) is 10.1. The topological polar surface area (TPSA) is 12.4 Å². The van der Waals surface area contributed by atoms with Gasteiger partial charge in [-0.15, -0.1) is 0 Å². The third-order valence-electron chi connectivity index (χ3n) is 4.93. The molecule has 0 spiro atoms. The van der Waals surface area contributed by atoms with Gasteiger partial charge >= 0.3 is 0 Å². The van der Waals surface area contributed by atoms with Gasteiger partial charge in [-0.25, -0.2) is 0 Å². The van der Waals surface area contributed by atoms with E-state index in [1.54, 1.807) is 0 Å². The third-order valence-corrected chi connectivity index (χ3v) is 4.93. The van der Waals surface area contributed by atoms with Gasteiger partial charge in [-0.3, -0.25) is 4.99 Å². The fourth-order valence-electron chi connectivity index (χ4n) is 3.35. The molecule has 0 saturated heterocycles. The van der Waals surface area contributed by atoms with E-state index >= 15 is 0 Å². The van der Waals surface area contributed by atoms with Crippen LogP contribution in [0.25, 0.3) is 11.3 Å². The van der Waals surface area contributed by atoms with Crippen LogP contribution in [-0.4, -0.2) is 5.71 Å². The number of hydrogen-bond donors (Lipinski definition) is 0. The molecule has 0 heterocycles. The summed E-state index contributed by atoms with van der Waals surface area (Å²) in [4.78, 5) is 4.81. The van der Waals surface area contributed by atoms with Gasteiger partial charge in [-0.05, 0) is 72.6 Å². The first-order chi connectivity index (χ1) is 13.7. The largest absolute Gasteiger partial charge is 0.253 e. The predicted molar refractivity (Wildman–Crippen MR) is 124 cm³/mol. The Labute approximate surface area is 169 Å². The maximum atomic E-state index is 4.81. The fraction of sp³-hybridized carbons (Fsp3) is 0.222. The fourth-order valence-corrected chi connectivity index (χ4v) is 3.35. The number of allylic oxidation sites excluding steroid dienone is 6. The molecule has 1 aliphatic rings. The maximum Gasteiger partial charge on any atom is 0.0633 e. The molecule has 0 unspecified atom stereocenters. The van der Waals surface area contributed by atoms with Crippen LogP contribution < -0.4 is 0 Å². The lowest BCUT2D eigenvalue weighted by molar-refractivity contribution is 1.04. The molecule has 0 aliphatic heterocycles. The SMILES string of the molecule is C=C(/N=C(\C)c1cccc(C2=CCCC=C2)c1)c1cccc(C/C=C\CC)c1. The lowest BCUT2D eigenvalue weighted by Crippen LogP contribution is -1.97. The summed E-state index contributed by atoms with van der Waals surface area (Å²) in [5, 5.41) is 0. The Hall–Kier alpha value is -2.93. The van der Waals surface area contributed by atoms with Gasteiger partial charge in [0, 0.05) is 5.71 Å². The lowest BCUT2D eigenvalue weighted by Gasteiger charge is -2.10. The summed E-state index contributed by atoms with van der Waals surface area (Å²) in [5.41, 5.74) is 7.85. The Morgan fingerprint density at radius 2 is 1.86 bits per heavy atom. The molecule has 0 N–H and O–H groups in total. The molecule has 0 saturated carbocycles. The van der Waals surface area contributed by atoms with Crippen LogP contribution in [0, 0.1) is 0 Å². The van der Waals surface area contributed by atoms with Crippen molar-refractivity contribution in [2.24, 2.45) is 4.99 Å². The van der Waals surface area contributed by atoms with E-state index in [1.807, 2.05) is 0 Å². The van der Waals surface area contributed by atoms with E-state index in [0.29, 0.717) is 0 Å². The van der Waals surface area contributed by atoms with Gasteiger partial charge in [0.25, 0.3) is 0 Å². The lowest BCUT2D eigenvalue weighted by atomic mass is 9.97. The Bertz CT molecular complexity index is 954. The molecular formula is C27H29N. The highest BCUT2D eigenvalue weighted by atomic mass is 14.7. The third kappa shape index (κ3) is 5.29. The van der Waals surface area contributed by atoms with Crippen LogP contribution in [0.3, 0.4) is 0 Å². The van der Waals surface area contributed by atoms with Gasteiger partial charge in [0.2, 0.25) is 0 Å². The molecule has 1 heteroatoms. The minimum absolute atomic E-state index is 0.806. The van der Waals surface area contributed by atoms with Crippen molar-refractivity contribution in [2.45, 2.75) is 39.5 Å². The van der Waals surface area contributed by atoms with Crippen molar-refractivity contribution < 1.29 is 0 Å². The van der Waals surface area contributed by atoms with E-state index in [1.165, 1.54) is 16.7 Å². The summed E-state index contributed by atoms with van der Waals surface area (Å²) in [7, 11) is 0. The van der Waals surface area contributed by atoms with E-state index < -0.39 is 0 Å². The van der Waals surface area contributed by atoms with Crippen LogP contribution in [0.15, 0.2) is 90.5 Å². The smallest absolute Gasteiger partial charge is 0.0633 e. The summed E-state index contributed by atoms with van der Waals surface area (Å²) in [6, 6.07) is 17.1. The van der Waals surface area contributed by atoms with Gasteiger partial charge in [0.05, 0.1) is 5.70 Å². The predicted octanol–water partition coefficient (Wildman–Crippen LogP) is 7.41. The molecular weight excluding hydrogens is 338 g/mol. The van der Waals surface area contributed by atoms with Gasteiger partial charge in [0.15, 0.2) is 0 Å². The second-order valence-corrected chi connectivity index (χ2v) is 7.15. The molecule has 3 rings (SSSR count). The molecule has 0 atom stereocenters. The van der Waals surface area contributed by atoms with Crippen LogP contribution in [0.5, 0.6) is 0 Å². The summed E-state index contributed by atoms with van der Waals surface area (Å²) >= 11 is 0. The van der Waals surface area contributed by atoms with E-state index in [2.05, 4.69) is 99.3 Å². The minimum atomic E-state index is 0.806. The summed E-state index contributed by atoms with van der Waals surface area (Å²) in [6.07, 6.45) is 15.5. The number of nitrogens with zero attached hydrogens (tertiary/aromatic N) is 1. The molecule has 1 aliphatic carbocycles. The van der Waals surface area contributed by atoms with Gasteiger partial charge < -0.3 is 0 Å². The zero-order valence-corrected chi connectivity index (χ0v) is 17.0. The molecule has 0 radical (unpaired) electrons. The second kappa shape index (κ2) is 9.85. The molecule has 1 nitrogen and oxygen atoms in total. The summed E-state index contributed by atoms with van der Waals surface area (Å²) in [6.45, 7) is 8.43. The molecule has 0 aromatic heterocycles. The molecule has 2 aromatic rings.